The third kappa shape index (κ3) is 18.6. The van der Waals surface area contributed by atoms with Crippen LogP contribution in [0.15, 0.2) is 58.3 Å². The molecule has 0 fully saturated rings. The topological polar surface area (TPSA) is 20.2 Å². The molecule has 0 bridgehead atoms. The van der Waals surface area contributed by atoms with Gasteiger partial charge < -0.3 is 4.89 Å². The molecular weight excluding hydrogens is 639 g/mol. The van der Waals surface area contributed by atoms with Gasteiger partial charge in [0.15, 0.2) is 0 Å². The molecular formula is C36H61MoOPS2. The van der Waals surface area contributed by atoms with E-state index >= 15 is 0 Å². The van der Waals surface area contributed by atoms with Crippen LogP contribution in [0, 0.1) is 0 Å². The van der Waals surface area contributed by atoms with Crippen molar-refractivity contribution in [2.45, 2.75) is 165 Å². The normalized spacial score (nSPS) is 12.0. The van der Waals surface area contributed by atoms with Crippen LogP contribution in [0.3, 0.4) is 0 Å². The van der Waals surface area contributed by atoms with Crippen LogP contribution in [0.25, 0.3) is 0 Å². The number of benzene rings is 2. The molecule has 41 heavy (non-hydrogen) atoms. The van der Waals surface area contributed by atoms with E-state index in [0.717, 1.165) is 12.8 Å². The first-order chi connectivity index (χ1) is 19.7. The van der Waals surface area contributed by atoms with Gasteiger partial charge >= 0.3 is 0 Å². The van der Waals surface area contributed by atoms with Crippen LogP contribution in [-0.4, -0.2) is 4.89 Å². The van der Waals surface area contributed by atoms with Gasteiger partial charge in [-0.25, -0.2) is 0 Å². The van der Waals surface area contributed by atoms with E-state index in [9.17, 15) is 4.89 Å². The van der Waals surface area contributed by atoms with E-state index in [1.807, 2.05) is 0 Å². The third-order valence-corrected chi connectivity index (χ3v) is 14.1. The summed E-state index contributed by atoms with van der Waals surface area (Å²) in [6.07, 6.45) is 28.2. The Morgan fingerprint density at radius 3 is 1.02 bits per heavy atom. The minimum absolute atomic E-state index is 0. The summed E-state index contributed by atoms with van der Waals surface area (Å²) in [6.45, 7) is 4.57. The fraction of sp³-hybridized carbons (Fsp3) is 0.667. The van der Waals surface area contributed by atoms with Gasteiger partial charge in [-0.2, -0.15) is 0 Å². The maximum absolute atomic E-state index is 10.6. The number of aryl methyl sites for hydroxylation is 2. The third-order valence-electron chi connectivity index (χ3n) is 8.14. The van der Waals surface area contributed by atoms with Crippen molar-refractivity contribution in [2.24, 2.45) is 0 Å². The first-order valence-electron chi connectivity index (χ1n) is 16.8. The molecule has 0 spiro atoms. The second-order valence-corrected chi connectivity index (χ2v) is 18.4. The Morgan fingerprint density at radius 1 is 0.488 bits per heavy atom. The van der Waals surface area contributed by atoms with Crippen molar-refractivity contribution in [3.8, 4) is 0 Å². The molecule has 1 nitrogen and oxygen atoms in total. The molecule has 0 amide bonds. The van der Waals surface area contributed by atoms with Crippen molar-refractivity contribution < 1.29 is 26.0 Å². The molecule has 0 radical (unpaired) electrons. The standard InChI is InChI=1S/C36H61OPS2.Mo/c1-3-5-7-9-11-13-15-17-19-21-23-33-25-29-35(30-26-33)40(38(37)39)36-31-27-34(28-32-36)24-22-20-18-16-14-12-10-8-6-4-2;/h25-32,37-39H,3-24H2,1-2H3;. The maximum atomic E-state index is 10.6. The number of hydrogen-bond donors (Lipinski definition) is 2. The van der Waals surface area contributed by atoms with Gasteiger partial charge in [-0.05, 0) is 61.1 Å². The summed E-state index contributed by atoms with van der Waals surface area (Å²) < 4.78 is 0. The van der Waals surface area contributed by atoms with Gasteiger partial charge in [-0.1, -0.05) is 164 Å². The second kappa shape index (κ2) is 26.6. The molecule has 0 saturated carbocycles. The van der Waals surface area contributed by atoms with E-state index in [-0.39, 0.29) is 31.1 Å². The molecule has 0 aliphatic rings. The van der Waals surface area contributed by atoms with Crippen LogP contribution in [0.5, 0.6) is 0 Å². The van der Waals surface area contributed by atoms with Crippen molar-refractivity contribution in [1.82, 2.24) is 0 Å². The Kier molecular flexibility index (Phi) is 25.5. The molecule has 2 rings (SSSR count). The number of thiol groups is 1. The van der Waals surface area contributed by atoms with Crippen LogP contribution >= 0.6 is 18.4 Å². The summed E-state index contributed by atoms with van der Waals surface area (Å²) in [6, 6.07) is 18.1. The van der Waals surface area contributed by atoms with Gasteiger partial charge in [0.1, 0.15) is 0 Å². The Hall–Kier alpha value is 0.218. The smallest absolute Gasteiger partial charge is 0.0715 e. The number of unbranched alkanes of at least 4 members (excludes halogenated alkanes) is 18. The molecule has 0 aromatic heterocycles. The Labute approximate surface area is 277 Å². The molecule has 2 aromatic carbocycles. The summed E-state index contributed by atoms with van der Waals surface area (Å²) in [7, 11) is -0.327. The Bertz CT molecular complexity index is 841. The van der Waals surface area contributed by atoms with E-state index < -0.39 is 6.13 Å². The van der Waals surface area contributed by atoms with Gasteiger partial charge in [-0.15, -0.1) is 12.2 Å². The molecule has 0 aliphatic heterocycles. The number of rotatable bonds is 24. The van der Waals surface area contributed by atoms with Crippen LogP contribution in [0.4, 0.5) is 0 Å². The monoisotopic (exact) mass is 702 g/mol. The largest absolute Gasteiger partial charge is 0.363 e. The zero-order valence-corrected chi connectivity index (χ0v) is 31.1. The number of hydrogen-bond acceptors (Lipinski definition) is 0. The van der Waals surface area contributed by atoms with Crippen LogP contribution in [-0.2, 0) is 44.0 Å². The zero-order chi connectivity index (χ0) is 28.7. The van der Waals surface area contributed by atoms with Gasteiger partial charge in [0, 0.05) is 30.9 Å². The molecule has 0 saturated heterocycles. The predicted octanol–water partition coefficient (Wildman–Crippen LogP) is 12.5. The minimum Gasteiger partial charge on any atom is -0.363 e. The van der Waals surface area contributed by atoms with E-state index in [2.05, 4.69) is 74.6 Å². The van der Waals surface area contributed by atoms with Crippen molar-refractivity contribution in [3.63, 3.8) is 0 Å². The van der Waals surface area contributed by atoms with Gasteiger partial charge in [0.05, 0.1) is 6.13 Å². The SMILES string of the molecule is CCCCCCCCCCCCc1ccc(S(c2ccc(CCCCCCCCCCCC)cc2)=[PH](O)S)cc1.[Mo]. The molecule has 1 N–H and O–H groups in total. The summed E-state index contributed by atoms with van der Waals surface area (Å²) in [5, 5.41) is 0. The zero-order valence-electron chi connectivity index (χ0n) is 26.4. The van der Waals surface area contributed by atoms with E-state index in [4.69, 9.17) is 0 Å². The molecule has 0 heterocycles. The van der Waals surface area contributed by atoms with Gasteiger partial charge in [-0.3, -0.25) is 0 Å². The van der Waals surface area contributed by atoms with Gasteiger partial charge in [0.25, 0.3) is 0 Å². The predicted molar refractivity (Wildman–Crippen MR) is 187 cm³/mol. The van der Waals surface area contributed by atoms with Crippen molar-refractivity contribution >= 4 is 28.4 Å². The van der Waals surface area contributed by atoms with Crippen LogP contribution in [0.1, 0.15) is 153 Å². The van der Waals surface area contributed by atoms with Crippen molar-refractivity contribution in [2.75, 3.05) is 0 Å². The van der Waals surface area contributed by atoms with Crippen LogP contribution < -0.4 is 0 Å². The Balaban J connectivity index is 0.00000840. The average molecular weight is 701 g/mol. The van der Waals surface area contributed by atoms with E-state index in [1.54, 1.807) is 0 Å². The molecule has 1 unspecified atom stereocenters. The van der Waals surface area contributed by atoms with Crippen LogP contribution in [0.2, 0.25) is 0 Å². The summed E-state index contributed by atoms with van der Waals surface area (Å²) in [5.74, 6) is 0. The van der Waals surface area contributed by atoms with Crippen molar-refractivity contribution in [3.05, 3.63) is 59.7 Å². The quantitative estimate of drug-likeness (QED) is 0.0483. The fourth-order valence-electron chi connectivity index (χ4n) is 5.56. The summed E-state index contributed by atoms with van der Waals surface area (Å²) in [5.41, 5.74) is 2.84. The second-order valence-electron chi connectivity index (χ2n) is 11.7. The van der Waals surface area contributed by atoms with Gasteiger partial charge in [0.2, 0.25) is 0 Å². The Morgan fingerprint density at radius 2 is 0.756 bits per heavy atom. The maximum Gasteiger partial charge on any atom is 0.0715 e. The summed E-state index contributed by atoms with van der Waals surface area (Å²) in [4.78, 5) is 13.1. The first kappa shape index (κ1) is 39.2. The fourth-order valence-corrected chi connectivity index (χ4v) is 11.1. The molecule has 1 atom stereocenters. The summed E-state index contributed by atoms with van der Waals surface area (Å²) >= 11 is 4.58. The molecule has 2 aromatic rings. The average Bonchev–Trinajstić information content (AvgIpc) is 2.96. The molecule has 0 aliphatic carbocycles. The van der Waals surface area contributed by atoms with E-state index in [0.29, 0.717) is 0 Å². The molecule has 5 heteroatoms. The van der Waals surface area contributed by atoms with E-state index in [1.165, 1.54) is 149 Å². The first-order valence-corrected chi connectivity index (χ1v) is 21.5. The van der Waals surface area contributed by atoms with Crippen molar-refractivity contribution in [1.29, 1.82) is 0 Å². The molecule has 234 valence electrons. The minimum atomic E-state index is -1.75.